The van der Waals surface area contributed by atoms with Crippen molar-refractivity contribution in [2.75, 3.05) is 0 Å². The van der Waals surface area contributed by atoms with Crippen LogP contribution in [0.1, 0.15) is 37.7 Å². The van der Waals surface area contributed by atoms with E-state index in [0.717, 1.165) is 17.4 Å². The van der Waals surface area contributed by atoms with Gasteiger partial charge in [-0.15, -0.1) is 0 Å². The van der Waals surface area contributed by atoms with Crippen molar-refractivity contribution in [1.82, 2.24) is 0 Å². The Morgan fingerprint density at radius 3 is 2.35 bits per heavy atom. The molecule has 2 aliphatic heterocycles. The summed E-state index contributed by atoms with van der Waals surface area (Å²) in [5, 5.41) is 12.7. The molecule has 2 bridgehead atoms. The molecule has 2 unspecified atom stereocenters. The fourth-order valence-corrected chi connectivity index (χ4v) is 7.03. The van der Waals surface area contributed by atoms with Crippen LogP contribution in [0.4, 0.5) is 0 Å². The van der Waals surface area contributed by atoms with Gasteiger partial charge in [-0.25, -0.2) is 8.42 Å². The summed E-state index contributed by atoms with van der Waals surface area (Å²) in [6, 6.07) is 14.4. The summed E-state index contributed by atoms with van der Waals surface area (Å²) in [6.07, 6.45) is 3.70. The van der Waals surface area contributed by atoms with Crippen molar-refractivity contribution >= 4 is 20.6 Å². The van der Waals surface area contributed by atoms with E-state index in [9.17, 15) is 13.5 Å². The molecule has 0 amide bonds. The van der Waals surface area contributed by atoms with E-state index in [2.05, 4.69) is 30.3 Å². The highest BCUT2D eigenvalue weighted by Gasteiger charge is 2.50. The van der Waals surface area contributed by atoms with Gasteiger partial charge in [0, 0.05) is 6.42 Å². The maximum atomic E-state index is 12.4. The Bertz CT molecular complexity index is 821. The molecule has 4 heteroatoms. The first-order valence-corrected chi connectivity index (χ1v) is 10.0. The summed E-state index contributed by atoms with van der Waals surface area (Å²) in [5.74, 6) is 0. The van der Waals surface area contributed by atoms with Crippen molar-refractivity contribution in [3.63, 3.8) is 0 Å². The lowest BCUT2D eigenvalue weighted by molar-refractivity contribution is 0.00992. The number of benzene rings is 2. The van der Waals surface area contributed by atoms with Crippen LogP contribution in [0.5, 0.6) is 0 Å². The molecular formula is C19H22O3S. The third-order valence-electron chi connectivity index (χ3n) is 5.54. The highest BCUT2D eigenvalue weighted by Crippen LogP contribution is 2.42. The number of hydrogen-bond donors (Lipinski definition) is 1. The van der Waals surface area contributed by atoms with Crippen LogP contribution in [-0.2, 0) is 16.3 Å². The van der Waals surface area contributed by atoms with Gasteiger partial charge in [0.05, 0.1) is 16.1 Å². The quantitative estimate of drug-likeness (QED) is 0.920. The highest BCUT2D eigenvalue weighted by atomic mass is 32.2. The van der Waals surface area contributed by atoms with E-state index >= 15 is 0 Å². The summed E-state index contributed by atoms with van der Waals surface area (Å²) in [4.78, 5) is 0. The summed E-state index contributed by atoms with van der Waals surface area (Å²) in [5.41, 5.74) is 0.201. The minimum Gasteiger partial charge on any atom is -0.389 e. The minimum atomic E-state index is -3.02. The van der Waals surface area contributed by atoms with E-state index in [1.165, 1.54) is 5.39 Å². The van der Waals surface area contributed by atoms with E-state index < -0.39 is 15.4 Å². The number of rotatable bonds is 2. The summed E-state index contributed by atoms with van der Waals surface area (Å²) < 4.78 is 24.8. The second-order valence-electron chi connectivity index (χ2n) is 7.25. The lowest BCUT2D eigenvalue weighted by Crippen LogP contribution is -2.52. The zero-order valence-electron chi connectivity index (χ0n) is 13.1. The summed E-state index contributed by atoms with van der Waals surface area (Å²) in [6.45, 7) is 0. The van der Waals surface area contributed by atoms with Gasteiger partial charge in [-0.2, -0.15) is 0 Å². The fraction of sp³-hybridized carbons (Fsp3) is 0.474. The molecular weight excluding hydrogens is 308 g/mol. The maximum absolute atomic E-state index is 12.4. The van der Waals surface area contributed by atoms with Crippen LogP contribution in [0.15, 0.2) is 42.5 Å². The van der Waals surface area contributed by atoms with E-state index in [4.69, 9.17) is 0 Å². The predicted molar refractivity (Wildman–Crippen MR) is 92.2 cm³/mol. The Morgan fingerprint density at radius 1 is 1.00 bits per heavy atom. The van der Waals surface area contributed by atoms with Crippen molar-refractivity contribution in [2.24, 2.45) is 0 Å². The van der Waals surface area contributed by atoms with Crippen molar-refractivity contribution in [3.05, 3.63) is 48.0 Å². The monoisotopic (exact) mass is 330 g/mol. The molecule has 3 nitrogen and oxygen atoms in total. The predicted octanol–water partition coefficient (Wildman–Crippen LogP) is 3.24. The molecule has 2 saturated heterocycles. The van der Waals surface area contributed by atoms with Crippen LogP contribution in [0, 0.1) is 0 Å². The van der Waals surface area contributed by atoms with Crippen LogP contribution in [-0.4, -0.2) is 29.6 Å². The number of hydrogen-bond acceptors (Lipinski definition) is 3. The topological polar surface area (TPSA) is 54.4 Å². The molecule has 2 aromatic rings. The standard InChI is InChI=1S/C19H22O3S/c20-19(12-17-6-3-7-18(13-19)23(17,21)22)11-14-8-9-15-4-1-2-5-16(15)10-14/h1-2,4-5,8-10,17-18,20H,3,6-7,11-13H2. The van der Waals surface area contributed by atoms with Crippen molar-refractivity contribution in [3.8, 4) is 0 Å². The van der Waals surface area contributed by atoms with Gasteiger partial charge in [0.15, 0.2) is 9.84 Å². The molecule has 0 aromatic heterocycles. The normalized spacial score (nSPS) is 32.7. The van der Waals surface area contributed by atoms with Crippen LogP contribution >= 0.6 is 0 Å². The van der Waals surface area contributed by atoms with Crippen LogP contribution in [0.3, 0.4) is 0 Å². The maximum Gasteiger partial charge on any atom is 0.156 e. The van der Waals surface area contributed by atoms with Gasteiger partial charge in [0.2, 0.25) is 0 Å². The smallest absolute Gasteiger partial charge is 0.156 e. The van der Waals surface area contributed by atoms with Gasteiger partial charge in [0.25, 0.3) is 0 Å². The lowest BCUT2D eigenvalue weighted by Gasteiger charge is -2.44. The van der Waals surface area contributed by atoms with Gasteiger partial charge >= 0.3 is 0 Å². The molecule has 0 spiro atoms. The number of fused-ring (bicyclic) bond motifs is 3. The fourth-order valence-electron chi connectivity index (χ4n) is 4.41. The van der Waals surface area contributed by atoms with Gasteiger partial charge in [0.1, 0.15) is 0 Å². The molecule has 4 rings (SSSR count). The summed E-state index contributed by atoms with van der Waals surface area (Å²) >= 11 is 0. The third kappa shape index (κ3) is 2.68. The second kappa shape index (κ2) is 5.32. The lowest BCUT2D eigenvalue weighted by atomic mass is 9.81. The Kier molecular flexibility index (Phi) is 3.50. The molecule has 122 valence electrons. The Hall–Kier alpha value is -1.39. The largest absolute Gasteiger partial charge is 0.389 e. The van der Waals surface area contributed by atoms with E-state index in [1.807, 2.05) is 12.1 Å². The second-order valence-corrected chi connectivity index (χ2v) is 9.77. The summed E-state index contributed by atoms with van der Waals surface area (Å²) in [7, 11) is -3.02. The molecule has 2 aliphatic rings. The van der Waals surface area contributed by atoms with Gasteiger partial charge in [-0.3, -0.25) is 0 Å². The average Bonchev–Trinajstić information content (AvgIpc) is 2.49. The van der Waals surface area contributed by atoms with Crippen molar-refractivity contribution in [2.45, 2.75) is 54.6 Å². The molecule has 2 aromatic carbocycles. The van der Waals surface area contributed by atoms with Crippen LogP contribution < -0.4 is 0 Å². The first-order valence-electron chi connectivity index (χ1n) is 8.39. The Morgan fingerprint density at radius 2 is 1.65 bits per heavy atom. The van der Waals surface area contributed by atoms with Gasteiger partial charge in [-0.05, 0) is 42.0 Å². The van der Waals surface area contributed by atoms with Gasteiger partial charge < -0.3 is 5.11 Å². The Labute approximate surface area is 137 Å². The average molecular weight is 330 g/mol. The van der Waals surface area contributed by atoms with Crippen LogP contribution in [0.25, 0.3) is 10.8 Å². The molecule has 2 heterocycles. The van der Waals surface area contributed by atoms with Crippen LogP contribution in [0.2, 0.25) is 0 Å². The molecule has 0 radical (unpaired) electrons. The highest BCUT2D eigenvalue weighted by molar-refractivity contribution is 7.92. The van der Waals surface area contributed by atoms with Gasteiger partial charge in [-0.1, -0.05) is 48.9 Å². The van der Waals surface area contributed by atoms with E-state index in [-0.39, 0.29) is 10.5 Å². The van der Waals surface area contributed by atoms with E-state index in [1.54, 1.807) is 0 Å². The zero-order valence-corrected chi connectivity index (χ0v) is 13.9. The first-order chi connectivity index (χ1) is 11.0. The molecule has 1 N–H and O–H groups in total. The third-order valence-corrected chi connectivity index (χ3v) is 8.21. The number of aliphatic hydroxyl groups is 1. The molecule has 2 atom stereocenters. The molecule has 0 aliphatic carbocycles. The van der Waals surface area contributed by atoms with Crippen molar-refractivity contribution < 1.29 is 13.5 Å². The molecule has 0 saturated carbocycles. The number of sulfone groups is 1. The minimum absolute atomic E-state index is 0.347. The molecule has 2 fully saturated rings. The SMILES string of the molecule is O=S1(=O)C2CCCC1CC(O)(Cc1ccc3ccccc3c1)C2. The van der Waals surface area contributed by atoms with Crippen molar-refractivity contribution in [1.29, 1.82) is 0 Å². The zero-order chi connectivity index (χ0) is 16.1. The Balaban J connectivity index is 1.62. The first kappa shape index (κ1) is 15.2. The van der Waals surface area contributed by atoms with E-state index in [0.29, 0.717) is 32.1 Å². The molecule has 23 heavy (non-hydrogen) atoms.